The molecule has 2 aliphatic rings. The summed E-state index contributed by atoms with van der Waals surface area (Å²) in [6.07, 6.45) is -18.0. The molecule has 25 heteroatoms. The third kappa shape index (κ3) is 18.0. The van der Waals surface area contributed by atoms with E-state index in [1.807, 2.05) is 121 Å². The van der Waals surface area contributed by atoms with Crippen LogP contribution in [0.3, 0.4) is 0 Å². The number of carbonyl (C=O) groups is 7. The van der Waals surface area contributed by atoms with E-state index in [1.165, 1.54) is 24.3 Å². The molecule has 94 heavy (non-hydrogen) atoms. The van der Waals surface area contributed by atoms with Crippen LogP contribution >= 0.6 is 0 Å². The van der Waals surface area contributed by atoms with Gasteiger partial charge < -0.3 is 80.6 Å². The molecule has 0 unspecified atom stereocenters. The Morgan fingerprint density at radius 3 is 1.27 bits per heavy atom. The summed E-state index contributed by atoms with van der Waals surface area (Å²) < 4.78 is 97.9. The number of rotatable bonds is 26. The van der Waals surface area contributed by atoms with Crippen molar-refractivity contribution in [3.05, 3.63) is 178 Å². The molecule has 10 atom stereocenters. The Bertz CT molecular complexity index is 3790. The zero-order valence-electron chi connectivity index (χ0n) is 52.1. The van der Waals surface area contributed by atoms with E-state index in [1.54, 1.807) is 0 Å². The van der Waals surface area contributed by atoms with Gasteiger partial charge in [0.15, 0.2) is 54.1 Å². The van der Waals surface area contributed by atoms with Crippen LogP contribution in [-0.2, 0) is 107 Å². The number of esters is 7. The van der Waals surface area contributed by atoms with Crippen LogP contribution in [0.5, 0.6) is 34.5 Å². The average molecular weight is 1300 g/mol. The molecule has 9 rings (SSSR count). The van der Waals surface area contributed by atoms with Crippen LogP contribution in [0.25, 0.3) is 22.3 Å². The Kier molecular flexibility index (Phi) is 22.9. The maximum Gasteiger partial charge on any atom is 0.303 e. The summed E-state index contributed by atoms with van der Waals surface area (Å²) in [5.74, 6) is -8.07. The second kappa shape index (κ2) is 31.7. The third-order valence-corrected chi connectivity index (χ3v) is 14.2. The van der Waals surface area contributed by atoms with Crippen molar-refractivity contribution in [1.29, 1.82) is 0 Å². The monoisotopic (exact) mass is 1300 g/mol. The van der Waals surface area contributed by atoms with Gasteiger partial charge in [-0.1, -0.05) is 121 Å². The maximum atomic E-state index is 15.7. The number of fused-ring (bicyclic) bond motifs is 1. The molecule has 7 aromatic rings. The number of hydrogen-bond donors (Lipinski definition) is 1. The Morgan fingerprint density at radius 1 is 0.426 bits per heavy atom. The molecule has 0 spiro atoms. The molecule has 494 valence electrons. The van der Waals surface area contributed by atoms with Gasteiger partial charge in [-0.3, -0.25) is 38.4 Å². The minimum Gasteiger partial charge on any atom is -0.507 e. The Morgan fingerprint density at radius 2 is 0.819 bits per heavy atom. The van der Waals surface area contributed by atoms with Crippen molar-refractivity contribution in [3.8, 4) is 45.8 Å². The molecule has 0 aliphatic carbocycles. The first-order valence-corrected chi connectivity index (χ1v) is 29.6. The van der Waals surface area contributed by atoms with E-state index in [4.69, 9.17) is 75.5 Å². The summed E-state index contributed by atoms with van der Waals surface area (Å²) in [7, 11) is 0. The standard InChI is InChI=1S/C69H68O25/c1-38(70)79-36-55-61(85-39(2)71)64(87-41(4)73)66(89-43(6)75)68(92-55)84-37-56-62(86-40(3)72)65(88-42(5)74)67(90-44(7)76)69(93-56)94-63-58(78)57-51(77)30-50(80-32-45-20-12-8-13-21-45)31-52(57)91-59(63)49-28-53(81-33-46-22-14-9-15-23-46)60(83-35-48-26-18-11-19-27-48)54(29-49)82-34-47-24-16-10-17-25-47/h8-31,55-56,61-62,64-69,77H,32-37H2,1-7H3/t55-,56-,61+,62-,64+,65+,66-,67-,68+,69+/m1/s1. The Balaban J connectivity index is 1.22. The molecule has 2 fully saturated rings. The molecule has 1 N–H and O–H groups in total. The Hall–Kier alpha value is -10.5. The minimum atomic E-state index is -2.13. The highest BCUT2D eigenvalue weighted by Crippen LogP contribution is 2.47. The first-order chi connectivity index (χ1) is 45.2. The lowest BCUT2D eigenvalue weighted by molar-refractivity contribution is -0.327. The van der Waals surface area contributed by atoms with Crippen molar-refractivity contribution in [3.63, 3.8) is 0 Å². The van der Waals surface area contributed by atoms with E-state index in [2.05, 4.69) is 0 Å². The van der Waals surface area contributed by atoms with Crippen molar-refractivity contribution in [1.82, 2.24) is 0 Å². The molecule has 25 nitrogen and oxygen atoms in total. The summed E-state index contributed by atoms with van der Waals surface area (Å²) in [6.45, 7) is 5.69. The van der Waals surface area contributed by atoms with Crippen molar-refractivity contribution in [2.45, 2.75) is 136 Å². The van der Waals surface area contributed by atoms with Gasteiger partial charge in [-0.05, 0) is 34.4 Å². The van der Waals surface area contributed by atoms with Crippen LogP contribution in [0, 0.1) is 0 Å². The smallest absolute Gasteiger partial charge is 0.303 e. The molecular weight excluding hydrogens is 1230 g/mol. The first kappa shape index (κ1) is 67.9. The molecular formula is C69H68O25. The number of carbonyl (C=O) groups excluding carboxylic acids is 7. The minimum absolute atomic E-state index is 0.0139. The van der Waals surface area contributed by atoms with Gasteiger partial charge in [0.1, 0.15) is 67.7 Å². The van der Waals surface area contributed by atoms with Gasteiger partial charge >= 0.3 is 41.8 Å². The van der Waals surface area contributed by atoms with Crippen molar-refractivity contribution in [2.75, 3.05) is 13.2 Å². The lowest BCUT2D eigenvalue weighted by atomic mass is 9.97. The van der Waals surface area contributed by atoms with Crippen LogP contribution in [0.2, 0.25) is 0 Å². The number of ether oxygens (including phenoxy) is 15. The largest absolute Gasteiger partial charge is 0.507 e. The molecule has 0 saturated carbocycles. The van der Waals surface area contributed by atoms with Gasteiger partial charge in [0.05, 0.1) is 6.61 Å². The van der Waals surface area contributed by atoms with Gasteiger partial charge in [0.25, 0.3) is 0 Å². The van der Waals surface area contributed by atoms with E-state index in [-0.39, 0.29) is 60.6 Å². The molecule has 2 aliphatic heterocycles. The number of phenolic OH excluding ortho intramolecular Hbond substituents is 1. The molecule has 0 bridgehead atoms. The maximum absolute atomic E-state index is 15.7. The number of aromatic hydroxyl groups is 1. The van der Waals surface area contributed by atoms with Gasteiger partial charge in [-0.25, -0.2) is 0 Å². The molecule has 6 aromatic carbocycles. The summed E-state index contributed by atoms with van der Waals surface area (Å²) in [6, 6.07) is 42.4. The summed E-state index contributed by atoms with van der Waals surface area (Å²) >= 11 is 0. The molecule has 2 saturated heterocycles. The van der Waals surface area contributed by atoms with Crippen LogP contribution in [0.4, 0.5) is 0 Å². The molecule has 0 radical (unpaired) electrons. The lowest BCUT2D eigenvalue weighted by Gasteiger charge is -2.46. The summed E-state index contributed by atoms with van der Waals surface area (Å²) in [5.41, 5.74) is 1.78. The Labute approximate surface area is 538 Å². The van der Waals surface area contributed by atoms with Gasteiger partial charge in [-0.2, -0.15) is 0 Å². The predicted molar refractivity (Wildman–Crippen MR) is 327 cm³/mol. The number of hydrogen-bond acceptors (Lipinski definition) is 25. The fourth-order valence-electron chi connectivity index (χ4n) is 10.4. The second-order valence-corrected chi connectivity index (χ2v) is 21.6. The highest BCUT2D eigenvalue weighted by molar-refractivity contribution is 5.89. The van der Waals surface area contributed by atoms with Gasteiger partial charge in [0.2, 0.25) is 29.3 Å². The predicted octanol–water partition coefficient (Wildman–Crippen LogP) is 8.48. The van der Waals surface area contributed by atoms with Crippen LogP contribution in [0.1, 0.15) is 70.7 Å². The SMILES string of the molecule is CC(=O)OC[C@H]1O[C@H](OC[C@H]2O[C@@H](Oc3c(-c4cc(OCc5ccccc5)c(OCc5ccccc5)c(OCc5ccccc5)c4)oc4cc(OCc5ccccc5)cc(O)c4c3=O)[C@H](OC(C)=O)[C@@H](OC(C)=O)[C@@H]2OC(C)=O)[C@H](OC(C)=O)[C@@H](OC(C)=O)[C@H]1OC(C)=O. The van der Waals surface area contributed by atoms with E-state index in [0.29, 0.717) is 0 Å². The van der Waals surface area contributed by atoms with E-state index < -0.39 is 144 Å². The molecule has 3 heterocycles. The van der Waals surface area contributed by atoms with E-state index in [0.717, 1.165) is 70.7 Å². The van der Waals surface area contributed by atoms with Crippen LogP contribution < -0.4 is 29.1 Å². The number of benzene rings is 6. The first-order valence-electron chi connectivity index (χ1n) is 29.6. The normalized spacial score (nSPS) is 20.7. The van der Waals surface area contributed by atoms with Gasteiger partial charge in [0, 0.05) is 66.2 Å². The van der Waals surface area contributed by atoms with Crippen molar-refractivity contribution >= 4 is 52.8 Å². The van der Waals surface area contributed by atoms with E-state index in [9.17, 15) is 38.7 Å². The van der Waals surface area contributed by atoms with Crippen molar-refractivity contribution in [2.24, 2.45) is 0 Å². The lowest BCUT2D eigenvalue weighted by Crippen LogP contribution is -2.65. The highest BCUT2D eigenvalue weighted by Gasteiger charge is 2.56. The van der Waals surface area contributed by atoms with E-state index >= 15 is 4.79 Å². The van der Waals surface area contributed by atoms with Crippen LogP contribution in [-0.4, -0.2) is 122 Å². The topological polar surface area (TPSA) is 308 Å². The summed E-state index contributed by atoms with van der Waals surface area (Å²) in [5, 5.41) is 11.5. The zero-order chi connectivity index (χ0) is 67.0. The van der Waals surface area contributed by atoms with Crippen LogP contribution in [0.15, 0.2) is 155 Å². The average Bonchev–Trinajstić information content (AvgIpc) is 0.758. The number of phenols is 1. The fraction of sp³-hybridized carbons (Fsp3) is 0.333. The fourth-order valence-corrected chi connectivity index (χ4v) is 10.4. The molecule has 0 amide bonds. The van der Waals surface area contributed by atoms with Gasteiger partial charge in [-0.15, -0.1) is 0 Å². The molecule has 1 aromatic heterocycles. The zero-order valence-corrected chi connectivity index (χ0v) is 52.1. The second-order valence-electron chi connectivity index (χ2n) is 21.6. The summed E-state index contributed by atoms with van der Waals surface area (Å²) in [4.78, 5) is 106. The third-order valence-electron chi connectivity index (χ3n) is 14.2. The van der Waals surface area contributed by atoms with Crippen molar-refractivity contribution < 1.29 is 114 Å². The highest BCUT2D eigenvalue weighted by atomic mass is 16.8. The quantitative estimate of drug-likeness (QED) is 0.0392.